The lowest BCUT2D eigenvalue weighted by Gasteiger charge is -2.07. The normalized spacial score (nSPS) is 11.4. The van der Waals surface area contributed by atoms with E-state index in [0.717, 1.165) is 0 Å². The number of rotatable bonds is 3. The fraction of sp³-hybridized carbons (Fsp3) is 0. The van der Waals surface area contributed by atoms with Crippen LogP contribution >= 0.6 is 15.9 Å². The molecule has 1 heterocycles. The van der Waals surface area contributed by atoms with Gasteiger partial charge in [0.15, 0.2) is 17.4 Å². The topological polar surface area (TPSA) is 80.7 Å². The Morgan fingerprint density at radius 2 is 2.16 bits per heavy atom. The van der Waals surface area contributed by atoms with Crippen molar-refractivity contribution in [1.82, 2.24) is 4.98 Å². The Hall–Kier alpha value is -2.15. The zero-order valence-electron chi connectivity index (χ0n) is 9.55. The van der Waals surface area contributed by atoms with Crippen LogP contribution < -0.4 is 10.5 Å². The molecule has 0 bridgehead atoms. The summed E-state index contributed by atoms with van der Waals surface area (Å²) < 4.78 is 19.5. The molecule has 0 saturated heterocycles. The third kappa shape index (κ3) is 3.19. The average Bonchev–Trinajstić information content (AvgIpc) is 2.42. The number of oxime groups is 1. The molecule has 2 rings (SSSR count). The number of nitrogens with two attached hydrogens (primary N) is 1. The highest BCUT2D eigenvalue weighted by molar-refractivity contribution is 9.10. The summed E-state index contributed by atoms with van der Waals surface area (Å²) in [5, 5.41) is 11.4. The summed E-state index contributed by atoms with van der Waals surface area (Å²) in [4.78, 5) is 3.99. The van der Waals surface area contributed by atoms with E-state index >= 15 is 0 Å². The molecule has 0 radical (unpaired) electrons. The molecule has 3 N–H and O–H groups in total. The van der Waals surface area contributed by atoms with Crippen LogP contribution in [-0.2, 0) is 0 Å². The fourth-order valence-electron chi connectivity index (χ4n) is 1.33. The zero-order chi connectivity index (χ0) is 13.8. The van der Waals surface area contributed by atoms with E-state index in [4.69, 9.17) is 15.7 Å². The largest absolute Gasteiger partial charge is 0.436 e. The van der Waals surface area contributed by atoms with Crippen molar-refractivity contribution in [3.63, 3.8) is 0 Å². The van der Waals surface area contributed by atoms with E-state index in [1.807, 2.05) is 0 Å². The lowest BCUT2D eigenvalue weighted by molar-refractivity contribution is 0.318. The van der Waals surface area contributed by atoms with Gasteiger partial charge in [-0.1, -0.05) is 27.2 Å². The number of amidine groups is 1. The minimum absolute atomic E-state index is 0.0264. The van der Waals surface area contributed by atoms with Crippen LogP contribution in [0.5, 0.6) is 11.6 Å². The van der Waals surface area contributed by atoms with Crippen molar-refractivity contribution in [2.24, 2.45) is 10.9 Å². The summed E-state index contributed by atoms with van der Waals surface area (Å²) in [7, 11) is 0. The lowest BCUT2D eigenvalue weighted by Crippen LogP contribution is -2.14. The number of halogens is 2. The Morgan fingerprint density at radius 3 is 2.89 bits per heavy atom. The first-order valence-electron chi connectivity index (χ1n) is 5.18. The third-order valence-electron chi connectivity index (χ3n) is 2.20. The average molecular weight is 326 g/mol. The van der Waals surface area contributed by atoms with Gasteiger partial charge in [0.2, 0.25) is 5.88 Å². The van der Waals surface area contributed by atoms with Crippen LogP contribution in [0.3, 0.4) is 0 Å². The molecule has 0 unspecified atom stereocenters. The van der Waals surface area contributed by atoms with Gasteiger partial charge in [0.05, 0.1) is 0 Å². The molecule has 1 aromatic heterocycles. The highest BCUT2D eigenvalue weighted by Gasteiger charge is 2.08. The lowest BCUT2D eigenvalue weighted by atomic mass is 10.3. The predicted molar refractivity (Wildman–Crippen MR) is 70.9 cm³/mol. The molecular weight excluding hydrogens is 317 g/mol. The van der Waals surface area contributed by atoms with Crippen molar-refractivity contribution in [3.8, 4) is 11.6 Å². The van der Waals surface area contributed by atoms with Gasteiger partial charge < -0.3 is 15.7 Å². The molecule has 0 aliphatic carbocycles. The van der Waals surface area contributed by atoms with E-state index in [1.165, 1.54) is 18.2 Å². The quantitative estimate of drug-likeness (QED) is 0.393. The van der Waals surface area contributed by atoms with Gasteiger partial charge in [-0.15, -0.1) is 0 Å². The minimum Gasteiger partial charge on any atom is -0.436 e. The molecule has 0 saturated carbocycles. The molecule has 0 aliphatic heterocycles. The number of aromatic nitrogens is 1. The molecule has 5 nitrogen and oxygen atoms in total. The summed E-state index contributed by atoms with van der Waals surface area (Å²) in [5.74, 6) is -0.501. The smallest absolute Gasteiger partial charge is 0.220 e. The van der Waals surface area contributed by atoms with Gasteiger partial charge in [-0.05, 0) is 24.3 Å². The van der Waals surface area contributed by atoms with Crippen LogP contribution in [0.4, 0.5) is 4.39 Å². The van der Waals surface area contributed by atoms with E-state index in [1.54, 1.807) is 18.2 Å². The monoisotopic (exact) mass is 325 g/mol. The van der Waals surface area contributed by atoms with Crippen LogP contribution in [0.2, 0.25) is 0 Å². The highest BCUT2D eigenvalue weighted by Crippen LogP contribution is 2.26. The van der Waals surface area contributed by atoms with Crippen LogP contribution in [-0.4, -0.2) is 16.0 Å². The first-order valence-corrected chi connectivity index (χ1v) is 5.97. The van der Waals surface area contributed by atoms with Gasteiger partial charge in [0.25, 0.3) is 0 Å². The van der Waals surface area contributed by atoms with Crippen LogP contribution in [0.1, 0.15) is 5.69 Å². The number of nitrogens with zero attached hydrogens (tertiary/aromatic N) is 2. The number of hydrogen-bond acceptors (Lipinski definition) is 4. The number of pyridine rings is 1. The Labute approximate surface area is 116 Å². The highest BCUT2D eigenvalue weighted by atomic mass is 79.9. The molecule has 0 fully saturated rings. The van der Waals surface area contributed by atoms with Gasteiger partial charge in [-0.3, -0.25) is 0 Å². The van der Waals surface area contributed by atoms with E-state index < -0.39 is 5.82 Å². The number of hydrogen-bond donors (Lipinski definition) is 2. The molecule has 7 heteroatoms. The van der Waals surface area contributed by atoms with Gasteiger partial charge >= 0.3 is 0 Å². The van der Waals surface area contributed by atoms with E-state index in [0.29, 0.717) is 4.47 Å². The van der Waals surface area contributed by atoms with Crippen molar-refractivity contribution in [1.29, 1.82) is 0 Å². The predicted octanol–water partition coefficient (Wildman–Crippen LogP) is 2.87. The summed E-state index contributed by atoms with van der Waals surface area (Å²) in [5.41, 5.74) is 5.64. The first kappa shape index (κ1) is 13.3. The Bertz CT molecular complexity index is 634. The second kappa shape index (κ2) is 5.66. The zero-order valence-corrected chi connectivity index (χ0v) is 11.1. The van der Waals surface area contributed by atoms with Crippen molar-refractivity contribution in [2.75, 3.05) is 0 Å². The summed E-state index contributed by atoms with van der Waals surface area (Å²) in [6.07, 6.45) is 0. The standard InChI is InChI=1S/C12H9BrFN3O2/c13-7-4-5-8(14)10(6-7)19-11-3-1-2-9(16-11)12(15)17-18/h1-6,18H,(H2,15,17). The SMILES string of the molecule is N/C(=N/O)c1cccc(Oc2cc(Br)ccc2F)n1. The third-order valence-corrected chi connectivity index (χ3v) is 2.69. The van der Waals surface area contributed by atoms with Crippen molar-refractivity contribution in [3.05, 3.63) is 52.4 Å². The fourth-order valence-corrected chi connectivity index (χ4v) is 1.67. The summed E-state index contributed by atoms with van der Waals surface area (Å²) >= 11 is 3.22. The van der Waals surface area contributed by atoms with Crippen molar-refractivity contribution >= 4 is 21.8 Å². The molecule has 0 amide bonds. The first-order chi connectivity index (χ1) is 9.10. The maximum atomic E-state index is 13.5. The summed E-state index contributed by atoms with van der Waals surface area (Å²) in [6.45, 7) is 0. The molecule has 98 valence electrons. The Balaban J connectivity index is 2.31. The molecule has 19 heavy (non-hydrogen) atoms. The van der Waals surface area contributed by atoms with Gasteiger partial charge in [-0.25, -0.2) is 9.37 Å². The van der Waals surface area contributed by atoms with Crippen LogP contribution in [0.15, 0.2) is 46.0 Å². The van der Waals surface area contributed by atoms with Crippen LogP contribution in [0.25, 0.3) is 0 Å². The number of ether oxygens (including phenoxy) is 1. The van der Waals surface area contributed by atoms with Gasteiger partial charge in [-0.2, -0.15) is 0 Å². The maximum absolute atomic E-state index is 13.5. The van der Waals surface area contributed by atoms with Crippen LogP contribution in [0, 0.1) is 5.82 Å². The summed E-state index contributed by atoms with van der Waals surface area (Å²) in [6, 6.07) is 8.99. The molecule has 2 aromatic rings. The van der Waals surface area contributed by atoms with Gasteiger partial charge in [0.1, 0.15) is 5.69 Å². The molecule has 0 atom stereocenters. The second-order valence-electron chi connectivity index (χ2n) is 3.52. The van der Waals surface area contributed by atoms with E-state index in [9.17, 15) is 4.39 Å². The van der Waals surface area contributed by atoms with Gasteiger partial charge in [0, 0.05) is 10.5 Å². The second-order valence-corrected chi connectivity index (χ2v) is 4.44. The van der Waals surface area contributed by atoms with Crippen molar-refractivity contribution in [2.45, 2.75) is 0 Å². The van der Waals surface area contributed by atoms with Crippen molar-refractivity contribution < 1.29 is 14.3 Å². The Kier molecular flexibility index (Phi) is 3.96. The molecule has 0 aliphatic rings. The number of benzene rings is 1. The maximum Gasteiger partial charge on any atom is 0.220 e. The minimum atomic E-state index is -0.515. The molecule has 1 aromatic carbocycles. The molecular formula is C12H9BrFN3O2. The Morgan fingerprint density at radius 1 is 1.37 bits per heavy atom. The molecule has 0 spiro atoms. The van der Waals surface area contributed by atoms with E-state index in [2.05, 4.69) is 26.1 Å². The van der Waals surface area contributed by atoms with E-state index in [-0.39, 0.29) is 23.2 Å².